The fraction of sp³-hybridized carbons (Fsp3) is 0.222. The number of hydrogen-bond acceptors (Lipinski definition) is 3. The van der Waals surface area contributed by atoms with Gasteiger partial charge in [0.15, 0.2) is 0 Å². The minimum atomic E-state index is -0.508. The van der Waals surface area contributed by atoms with Gasteiger partial charge in [-0.05, 0) is 23.3 Å². The third kappa shape index (κ3) is 4.25. The van der Waals surface area contributed by atoms with Crippen molar-refractivity contribution in [1.29, 1.82) is 0 Å². The van der Waals surface area contributed by atoms with Crippen molar-refractivity contribution in [3.63, 3.8) is 0 Å². The lowest BCUT2D eigenvalue weighted by Gasteiger charge is -2.11. The largest absolute Gasteiger partial charge is 0.489 e. The van der Waals surface area contributed by atoms with E-state index in [4.69, 9.17) is 4.74 Å². The number of benzene rings is 2. The van der Waals surface area contributed by atoms with Gasteiger partial charge in [0.05, 0.1) is 0 Å². The summed E-state index contributed by atoms with van der Waals surface area (Å²) in [5.74, 6) is 0.582. The molecule has 0 radical (unpaired) electrons. The molecular weight excluding hydrogens is 306 g/mol. The molecule has 124 valence electrons. The average molecular weight is 325 g/mol. The average Bonchev–Trinajstić information content (AvgIpc) is 3.06. The van der Waals surface area contributed by atoms with Crippen molar-refractivity contribution in [3.05, 3.63) is 65.7 Å². The molecule has 3 rings (SSSR count). The van der Waals surface area contributed by atoms with Crippen molar-refractivity contribution < 1.29 is 14.3 Å². The van der Waals surface area contributed by atoms with E-state index in [1.165, 1.54) is 0 Å². The highest BCUT2D eigenvalue weighted by molar-refractivity contribution is 5.90. The fourth-order valence-corrected chi connectivity index (χ4v) is 2.37. The van der Waals surface area contributed by atoms with Crippen LogP contribution in [0.4, 0.5) is 4.79 Å². The predicted octanol–water partition coefficient (Wildman–Crippen LogP) is 1.56. The van der Waals surface area contributed by atoms with E-state index < -0.39 is 6.04 Å². The van der Waals surface area contributed by atoms with Gasteiger partial charge in [0.2, 0.25) is 5.91 Å². The van der Waals surface area contributed by atoms with Crippen LogP contribution in [0.5, 0.6) is 5.75 Å². The zero-order valence-electron chi connectivity index (χ0n) is 13.1. The molecule has 2 aromatic carbocycles. The van der Waals surface area contributed by atoms with Crippen LogP contribution in [-0.4, -0.2) is 24.5 Å². The Morgan fingerprint density at radius 3 is 2.50 bits per heavy atom. The molecule has 0 bridgehead atoms. The van der Waals surface area contributed by atoms with Crippen LogP contribution in [0.25, 0.3) is 0 Å². The maximum atomic E-state index is 11.9. The van der Waals surface area contributed by atoms with Gasteiger partial charge in [-0.1, -0.05) is 42.5 Å². The minimum Gasteiger partial charge on any atom is -0.489 e. The van der Waals surface area contributed by atoms with Crippen molar-refractivity contribution in [3.8, 4) is 5.75 Å². The van der Waals surface area contributed by atoms with Gasteiger partial charge in [0.1, 0.15) is 18.4 Å². The first-order valence-electron chi connectivity index (χ1n) is 7.78. The zero-order chi connectivity index (χ0) is 16.8. The molecule has 1 fully saturated rings. The van der Waals surface area contributed by atoms with Crippen LogP contribution in [0.2, 0.25) is 0 Å². The number of carbonyl (C=O) groups is 2. The maximum Gasteiger partial charge on any atom is 0.315 e. The Morgan fingerprint density at radius 2 is 1.83 bits per heavy atom. The van der Waals surface area contributed by atoms with Gasteiger partial charge in [0.25, 0.3) is 0 Å². The van der Waals surface area contributed by atoms with Crippen molar-refractivity contribution in [1.82, 2.24) is 16.0 Å². The second-order valence-corrected chi connectivity index (χ2v) is 5.54. The SMILES string of the molecule is O=C1NCC(C(=O)NCc2ccc(OCc3ccccc3)cc2)N1. The molecule has 0 aromatic heterocycles. The van der Waals surface area contributed by atoms with Crippen LogP contribution < -0.4 is 20.7 Å². The van der Waals surface area contributed by atoms with Gasteiger partial charge in [-0.2, -0.15) is 0 Å². The smallest absolute Gasteiger partial charge is 0.315 e. The van der Waals surface area contributed by atoms with Crippen molar-refractivity contribution in [2.45, 2.75) is 19.2 Å². The second kappa shape index (κ2) is 7.50. The molecule has 1 aliphatic heterocycles. The monoisotopic (exact) mass is 325 g/mol. The second-order valence-electron chi connectivity index (χ2n) is 5.54. The lowest BCUT2D eigenvalue weighted by Crippen LogP contribution is -2.42. The third-order valence-corrected chi connectivity index (χ3v) is 3.73. The van der Waals surface area contributed by atoms with Crippen LogP contribution in [0.15, 0.2) is 54.6 Å². The van der Waals surface area contributed by atoms with Crippen LogP contribution in [0.1, 0.15) is 11.1 Å². The molecule has 1 heterocycles. The summed E-state index contributed by atoms with van der Waals surface area (Å²) in [5, 5.41) is 7.91. The highest BCUT2D eigenvalue weighted by atomic mass is 16.5. The molecule has 3 N–H and O–H groups in total. The normalized spacial score (nSPS) is 16.2. The molecule has 1 saturated heterocycles. The fourth-order valence-electron chi connectivity index (χ4n) is 2.37. The van der Waals surface area contributed by atoms with E-state index in [1.807, 2.05) is 54.6 Å². The van der Waals surface area contributed by atoms with Crippen molar-refractivity contribution in [2.24, 2.45) is 0 Å². The predicted molar refractivity (Wildman–Crippen MR) is 89.4 cm³/mol. The van der Waals surface area contributed by atoms with Crippen molar-refractivity contribution in [2.75, 3.05) is 6.54 Å². The summed E-state index contributed by atoms with van der Waals surface area (Å²) in [6.45, 7) is 1.24. The summed E-state index contributed by atoms with van der Waals surface area (Å²) in [6, 6.07) is 16.7. The van der Waals surface area contributed by atoms with Gasteiger partial charge < -0.3 is 20.7 Å². The molecule has 0 saturated carbocycles. The Hall–Kier alpha value is -3.02. The Labute approximate surface area is 140 Å². The molecule has 24 heavy (non-hydrogen) atoms. The summed E-state index contributed by atoms with van der Waals surface area (Å²) in [6.07, 6.45) is 0. The highest BCUT2D eigenvalue weighted by Crippen LogP contribution is 2.14. The van der Waals surface area contributed by atoms with E-state index >= 15 is 0 Å². The maximum absolute atomic E-state index is 11.9. The standard InChI is InChI=1S/C18H19N3O3/c22-17(16-11-20-18(23)21-16)19-10-13-6-8-15(9-7-13)24-12-14-4-2-1-3-5-14/h1-9,16H,10-12H2,(H,19,22)(H2,20,21,23). The number of nitrogens with one attached hydrogen (secondary N) is 3. The Balaban J connectivity index is 1.46. The van der Waals surface area contributed by atoms with Gasteiger partial charge >= 0.3 is 6.03 Å². The number of rotatable bonds is 6. The summed E-state index contributed by atoms with van der Waals surface area (Å²) in [4.78, 5) is 22.9. The first-order valence-corrected chi connectivity index (χ1v) is 7.78. The number of carbonyl (C=O) groups excluding carboxylic acids is 2. The van der Waals surface area contributed by atoms with Gasteiger partial charge in [-0.25, -0.2) is 4.79 Å². The molecule has 6 nitrogen and oxygen atoms in total. The van der Waals surface area contributed by atoms with Crippen LogP contribution in [0, 0.1) is 0 Å². The summed E-state index contributed by atoms with van der Waals surface area (Å²) >= 11 is 0. The third-order valence-electron chi connectivity index (χ3n) is 3.73. The Bertz CT molecular complexity index is 701. The molecule has 0 spiro atoms. The van der Waals surface area contributed by atoms with E-state index in [9.17, 15) is 9.59 Å². The van der Waals surface area contributed by atoms with E-state index in [1.54, 1.807) is 0 Å². The van der Waals surface area contributed by atoms with E-state index in [2.05, 4.69) is 16.0 Å². The molecule has 1 aliphatic rings. The first-order chi connectivity index (χ1) is 11.7. The Morgan fingerprint density at radius 1 is 1.08 bits per heavy atom. The number of hydrogen-bond donors (Lipinski definition) is 3. The quantitative estimate of drug-likeness (QED) is 0.754. The molecule has 0 aliphatic carbocycles. The molecule has 3 amide bonds. The summed E-state index contributed by atoms with van der Waals surface area (Å²) in [5.41, 5.74) is 2.08. The van der Waals surface area contributed by atoms with Crippen LogP contribution in [-0.2, 0) is 17.9 Å². The minimum absolute atomic E-state index is 0.197. The van der Waals surface area contributed by atoms with E-state index in [0.29, 0.717) is 19.7 Å². The molecule has 1 atom stereocenters. The zero-order valence-corrected chi connectivity index (χ0v) is 13.1. The van der Waals surface area contributed by atoms with E-state index in [-0.39, 0.29) is 11.9 Å². The van der Waals surface area contributed by atoms with Crippen LogP contribution >= 0.6 is 0 Å². The lowest BCUT2D eigenvalue weighted by atomic mass is 10.2. The van der Waals surface area contributed by atoms with Gasteiger partial charge in [-0.3, -0.25) is 4.79 Å². The Kier molecular flexibility index (Phi) is 4.96. The van der Waals surface area contributed by atoms with Gasteiger partial charge in [-0.15, -0.1) is 0 Å². The van der Waals surface area contributed by atoms with Crippen LogP contribution in [0.3, 0.4) is 0 Å². The topological polar surface area (TPSA) is 79.5 Å². The molecule has 1 unspecified atom stereocenters. The lowest BCUT2D eigenvalue weighted by molar-refractivity contribution is -0.122. The first kappa shape index (κ1) is 15.9. The molecule has 2 aromatic rings. The number of urea groups is 1. The molecular formula is C18H19N3O3. The molecule has 6 heteroatoms. The summed E-state index contributed by atoms with van der Waals surface area (Å²) < 4.78 is 5.72. The van der Waals surface area contributed by atoms with Crippen molar-refractivity contribution >= 4 is 11.9 Å². The van der Waals surface area contributed by atoms with Gasteiger partial charge in [0, 0.05) is 13.1 Å². The summed E-state index contributed by atoms with van der Waals surface area (Å²) in [7, 11) is 0. The van der Waals surface area contributed by atoms with E-state index in [0.717, 1.165) is 16.9 Å². The highest BCUT2D eigenvalue weighted by Gasteiger charge is 2.26. The number of ether oxygens (including phenoxy) is 1. The number of amides is 3.